The van der Waals surface area contributed by atoms with Crippen molar-refractivity contribution in [1.82, 2.24) is 20.3 Å². The first kappa shape index (κ1) is 18.5. The quantitative estimate of drug-likeness (QED) is 0.495. The number of methoxy groups -OCH3 is 2. The Balaban J connectivity index is 1.40. The molecule has 9 nitrogen and oxygen atoms in total. The molecule has 2 N–H and O–H groups in total. The Morgan fingerprint density at radius 3 is 2.86 bits per heavy atom. The van der Waals surface area contributed by atoms with E-state index in [9.17, 15) is 4.79 Å². The molecule has 4 rings (SSSR count). The highest BCUT2D eigenvalue weighted by molar-refractivity contribution is 6.00. The minimum absolute atomic E-state index is 0.155. The second kappa shape index (κ2) is 8.01. The summed E-state index contributed by atoms with van der Waals surface area (Å²) in [7, 11) is 3.13. The van der Waals surface area contributed by atoms with Gasteiger partial charge in [-0.3, -0.25) is 9.89 Å². The van der Waals surface area contributed by atoms with Crippen molar-refractivity contribution in [1.29, 1.82) is 0 Å². The lowest BCUT2D eigenvalue weighted by molar-refractivity contribution is -0.116. The van der Waals surface area contributed by atoms with E-state index in [1.54, 1.807) is 32.5 Å². The van der Waals surface area contributed by atoms with Gasteiger partial charge in [-0.05, 0) is 24.3 Å². The highest BCUT2D eigenvalue weighted by Crippen LogP contribution is 2.31. The molecule has 9 heteroatoms. The molecule has 0 fully saturated rings. The lowest BCUT2D eigenvalue weighted by atomic mass is 10.2. The van der Waals surface area contributed by atoms with E-state index in [1.165, 1.54) is 0 Å². The number of H-pyrrole nitrogens is 1. The van der Waals surface area contributed by atoms with E-state index in [0.29, 0.717) is 35.3 Å². The minimum Gasteiger partial charge on any atom is -0.493 e. The summed E-state index contributed by atoms with van der Waals surface area (Å²) in [6, 6.07) is 11.0. The standard InChI is InChI=1S/C20H19N5O4/c1-27-15-7-6-12(10-16(15)28-2)20-23-18(29-25-20)9-8-17(26)22-14-5-3-4-13-11-21-24-19(13)14/h3-7,10-11H,8-9H2,1-2H3,(H,21,24)(H,22,26). The Kier molecular flexibility index (Phi) is 5.10. The molecule has 0 atom stereocenters. The van der Waals surface area contributed by atoms with Gasteiger partial charge in [-0.25, -0.2) is 0 Å². The maximum Gasteiger partial charge on any atom is 0.227 e. The van der Waals surface area contributed by atoms with Crippen LogP contribution in [0.2, 0.25) is 0 Å². The van der Waals surface area contributed by atoms with Gasteiger partial charge in [-0.1, -0.05) is 17.3 Å². The van der Waals surface area contributed by atoms with Crippen LogP contribution in [0, 0.1) is 0 Å². The lowest BCUT2D eigenvalue weighted by Gasteiger charge is -2.07. The fourth-order valence-electron chi connectivity index (χ4n) is 2.96. The molecular weight excluding hydrogens is 374 g/mol. The molecule has 2 heterocycles. The van der Waals surface area contributed by atoms with Crippen LogP contribution in [0.5, 0.6) is 11.5 Å². The number of carbonyl (C=O) groups is 1. The molecule has 0 saturated carbocycles. The molecule has 2 aromatic carbocycles. The van der Waals surface area contributed by atoms with Gasteiger partial charge in [0.05, 0.1) is 31.6 Å². The number of rotatable bonds is 7. The number of aromatic amines is 1. The summed E-state index contributed by atoms with van der Waals surface area (Å²) in [6.07, 6.45) is 2.24. The Bertz CT molecular complexity index is 1150. The van der Waals surface area contributed by atoms with Crippen LogP contribution in [0.25, 0.3) is 22.3 Å². The van der Waals surface area contributed by atoms with Crippen LogP contribution in [0.3, 0.4) is 0 Å². The zero-order chi connectivity index (χ0) is 20.2. The number of carbonyl (C=O) groups excluding carboxylic acids is 1. The van der Waals surface area contributed by atoms with Gasteiger partial charge in [0.2, 0.25) is 17.6 Å². The number of anilines is 1. The van der Waals surface area contributed by atoms with Crippen LogP contribution in [0.1, 0.15) is 12.3 Å². The number of nitrogens with zero attached hydrogens (tertiary/aromatic N) is 3. The molecule has 0 aliphatic rings. The number of ether oxygens (including phenoxy) is 2. The molecule has 0 aliphatic carbocycles. The zero-order valence-corrected chi connectivity index (χ0v) is 15.9. The second-order valence-corrected chi connectivity index (χ2v) is 6.27. The monoisotopic (exact) mass is 393 g/mol. The Morgan fingerprint density at radius 1 is 1.17 bits per heavy atom. The third-order valence-corrected chi connectivity index (χ3v) is 4.43. The Hall–Kier alpha value is -3.88. The SMILES string of the molecule is COc1ccc(-c2noc(CCC(=O)Nc3cccc4cn[nH]c34)n2)cc1OC. The molecule has 0 spiro atoms. The van der Waals surface area contributed by atoms with Crippen LogP contribution in [0.15, 0.2) is 47.1 Å². The number of para-hydroxylation sites is 1. The molecule has 29 heavy (non-hydrogen) atoms. The van der Waals surface area contributed by atoms with E-state index in [4.69, 9.17) is 14.0 Å². The first-order chi connectivity index (χ1) is 14.2. The van der Waals surface area contributed by atoms with Gasteiger partial charge < -0.3 is 19.3 Å². The van der Waals surface area contributed by atoms with Gasteiger partial charge in [0.25, 0.3) is 0 Å². The molecule has 0 unspecified atom stereocenters. The third kappa shape index (κ3) is 3.88. The van der Waals surface area contributed by atoms with Crippen LogP contribution < -0.4 is 14.8 Å². The van der Waals surface area contributed by atoms with Gasteiger partial charge in [0.1, 0.15) is 0 Å². The predicted octanol–water partition coefficient (Wildman–Crippen LogP) is 3.20. The molecule has 0 bridgehead atoms. The van der Waals surface area contributed by atoms with Crippen molar-refractivity contribution in [3.63, 3.8) is 0 Å². The molecular formula is C20H19N5O4. The van der Waals surface area contributed by atoms with E-state index in [0.717, 1.165) is 16.5 Å². The van der Waals surface area contributed by atoms with Crippen molar-refractivity contribution >= 4 is 22.5 Å². The molecule has 2 aromatic heterocycles. The number of benzene rings is 2. The number of hydrogen-bond acceptors (Lipinski definition) is 7. The zero-order valence-electron chi connectivity index (χ0n) is 15.9. The summed E-state index contributed by atoms with van der Waals surface area (Å²) in [4.78, 5) is 16.7. The highest BCUT2D eigenvalue weighted by atomic mass is 16.5. The second-order valence-electron chi connectivity index (χ2n) is 6.27. The maximum atomic E-state index is 12.3. The fraction of sp³-hybridized carbons (Fsp3) is 0.200. The van der Waals surface area contributed by atoms with Crippen molar-refractivity contribution in [3.8, 4) is 22.9 Å². The average Bonchev–Trinajstić information content (AvgIpc) is 3.42. The summed E-state index contributed by atoms with van der Waals surface area (Å²) in [5.41, 5.74) is 2.20. The largest absolute Gasteiger partial charge is 0.493 e. The molecule has 0 aliphatic heterocycles. The van der Waals surface area contributed by atoms with Crippen molar-refractivity contribution in [2.24, 2.45) is 0 Å². The molecule has 0 saturated heterocycles. The van der Waals surface area contributed by atoms with E-state index < -0.39 is 0 Å². The smallest absolute Gasteiger partial charge is 0.227 e. The molecule has 148 valence electrons. The number of aromatic nitrogens is 4. The predicted molar refractivity (Wildman–Crippen MR) is 106 cm³/mol. The van der Waals surface area contributed by atoms with Crippen molar-refractivity contribution in [2.45, 2.75) is 12.8 Å². The van der Waals surface area contributed by atoms with E-state index >= 15 is 0 Å². The Morgan fingerprint density at radius 2 is 2.03 bits per heavy atom. The summed E-state index contributed by atoms with van der Waals surface area (Å²) >= 11 is 0. The fourth-order valence-corrected chi connectivity index (χ4v) is 2.96. The molecule has 1 amide bonds. The summed E-state index contributed by atoms with van der Waals surface area (Å²) in [5, 5.41) is 14.7. The van der Waals surface area contributed by atoms with E-state index in [2.05, 4.69) is 25.7 Å². The van der Waals surface area contributed by atoms with E-state index in [1.807, 2.05) is 24.3 Å². The topological polar surface area (TPSA) is 115 Å². The first-order valence-electron chi connectivity index (χ1n) is 8.95. The van der Waals surface area contributed by atoms with Crippen molar-refractivity contribution in [2.75, 3.05) is 19.5 Å². The van der Waals surface area contributed by atoms with Crippen LogP contribution in [-0.4, -0.2) is 40.5 Å². The van der Waals surface area contributed by atoms with Crippen LogP contribution in [0.4, 0.5) is 5.69 Å². The van der Waals surface area contributed by atoms with Crippen LogP contribution in [-0.2, 0) is 11.2 Å². The van der Waals surface area contributed by atoms with Crippen molar-refractivity contribution in [3.05, 3.63) is 48.5 Å². The number of nitrogens with one attached hydrogen (secondary N) is 2. The Labute approximate surface area is 166 Å². The first-order valence-corrected chi connectivity index (χ1v) is 8.95. The number of hydrogen-bond donors (Lipinski definition) is 2. The van der Waals surface area contributed by atoms with Crippen LogP contribution >= 0.6 is 0 Å². The lowest BCUT2D eigenvalue weighted by Crippen LogP contribution is -2.12. The summed E-state index contributed by atoms with van der Waals surface area (Å²) < 4.78 is 15.8. The normalized spacial score (nSPS) is 10.8. The van der Waals surface area contributed by atoms with Gasteiger partial charge >= 0.3 is 0 Å². The van der Waals surface area contributed by atoms with E-state index in [-0.39, 0.29) is 12.3 Å². The third-order valence-electron chi connectivity index (χ3n) is 4.43. The summed E-state index contributed by atoms with van der Waals surface area (Å²) in [5.74, 6) is 1.83. The average molecular weight is 393 g/mol. The number of amides is 1. The minimum atomic E-state index is -0.155. The number of fused-ring (bicyclic) bond motifs is 1. The number of aryl methyl sites for hydroxylation is 1. The van der Waals surface area contributed by atoms with Gasteiger partial charge in [0.15, 0.2) is 11.5 Å². The summed E-state index contributed by atoms with van der Waals surface area (Å²) in [6.45, 7) is 0. The van der Waals surface area contributed by atoms with Crippen molar-refractivity contribution < 1.29 is 18.8 Å². The van der Waals surface area contributed by atoms with Gasteiger partial charge in [-0.2, -0.15) is 10.1 Å². The van der Waals surface area contributed by atoms with Gasteiger partial charge in [0, 0.05) is 23.8 Å². The molecule has 4 aromatic rings. The van der Waals surface area contributed by atoms with Gasteiger partial charge in [-0.15, -0.1) is 0 Å². The maximum absolute atomic E-state index is 12.3. The molecule has 0 radical (unpaired) electrons. The highest BCUT2D eigenvalue weighted by Gasteiger charge is 2.14.